The number of methoxy groups -OCH3 is 12. The molecule has 0 spiro atoms. The SMILES string of the molecule is CCCCCCCCCCSCCCCCCCCCCC1c2cc(c(OC)c(OC)c2OC)C(CCCCCCCCCCSCCCCCCCCCC)c2cc(c(OC)c(OC)c2OC)C(CCCCCCCCCCSCCCCCCCCCC)c2cc(c(OC)c(OC)c2OC)C(CCCCCCCCCCSCCCCCCCCCC)c2cc1c(OC)c(OC)c2OC. The summed E-state index contributed by atoms with van der Waals surface area (Å²) in [6, 6.07) is 9.72. The summed E-state index contributed by atoms with van der Waals surface area (Å²) >= 11 is 8.71. The first-order valence-corrected chi connectivity index (χ1v) is 61.4. The summed E-state index contributed by atoms with van der Waals surface area (Å²) in [4.78, 5) is 0. The third-order valence-electron chi connectivity index (χ3n) is 29.1. The zero-order valence-electron chi connectivity index (χ0n) is 90.9. The molecule has 4 aromatic rings. The molecule has 0 unspecified atom stereocenters. The number of hydrogen-bond acceptors (Lipinski definition) is 16. The molecule has 5 rings (SSSR count). The fourth-order valence-electron chi connectivity index (χ4n) is 21.3. The van der Waals surface area contributed by atoms with E-state index < -0.39 is 0 Å². The number of hydrogen-bond donors (Lipinski definition) is 0. The van der Waals surface area contributed by atoms with Crippen molar-refractivity contribution in [1.82, 2.24) is 0 Å². The van der Waals surface area contributed by atoms with Crippen molar-refractivity contribution in [2.75, 3.05) is 131 Å². The first kappa shape index (κ1) is 122. The van der Waals surface area contributed by atoms with Crippen molar-refractivity contribution < 1.29 is 56.8 Å². The molecule has 8 bridgehead atoms. The van der Waals surface area contributed by atoms with Gasteiger partial charge in [0, 0.05) is 68.2 Å². The molecule has 0 saturated carbocycles. The molecular weight excluding hydrogens is 1760 g/mol. The Kier molecular flexibility index (Phi) is 74.0. The maximum absolute atomic E-state index is 6.90. The van der Waals surface area contributed by atoms with Crippen molar-refractivity contribution in [1.29, 1.82) is 0 Å². The molecule has 0 radical (unpaired) electrons. The molecular formula is C120H208O12S4. The lowest BCUT2D eigenvalue weighted by Gasteiger charge is -2.33. The number of rotatable bonds is 92. The van der Waals surface area contributed by atoms with Crippen molar-refractivity contribution in [3.63, 3.8) is 0 Å². The number of fused-ring (bicyclic) bond motifs is 8. The Morgan fingerprint density at radius 3 is 0.353 bits per heavy atom. The second-order valence-electron chi connectivity index (χ2n) is 39.6. The molecule has 0 amide bonds. The van der Waals surface area contributed by atoms with Crippen molar-refractivity contribution in [2.24, 2.45) is 0 Å². The van der Waals surface area contributed by atoms with E-state index in [4.69, 9.17) is 56.8 Å². The van der Waals surface area contributed by atoms with Crippen LogP contribution < -0.4 is 56.8 Å². The highest BCUT2D eigenvalue weighted by atomic mass is 32.2. The van der Waals surface area contributed by atoms with Crippen LogP contribution >= 0.6 is 47.0 Å². The lowest BCUT2D eigenvalue weighted by atomic mass is 9.75. The average Bonchev–Trinajstić information content (AvgIpc) is 0.729. The minimum absolute atomic E-state index is 0.310. The Labute approximate surface area is 854 Å². The summed E-state index contributed by atoms with van der Waals surface area (Å²) in [5, 5.41) is 0. The molecule has 0 saturated heterocycles. The molecule has 0 atom stereocenters. The zero-order chi connectivity index (χ0) is 97.7. The number of ether oxygens (including phenoxy) is 12. The molecule has 1 aliphatic carbocycles. The average molecular weight is 1970 g/mol. The molecule has 12 nitrogen and oxygen atoms in total. The maximum Gasteiger partial charge on any atom is 0.203 e. The molecule has 136 heavy (non-hydrogen) atoms. The topological polar surface area (TPSA) is 111 Å². The van der Waals surface area contributed by atoms with Crippen molar-refractivity contribution in [3.8, 4) is 69.0 Å². The Hall–Kier alpha value is -4.12. The maximum atomic E-state index is 6.90. The number of unbranched alkanes of at least 4 members (excludes halogenated alkanes) is 56. The fourth-order valence-corrected chi connectivity index (χ4v) is 25.4. The van der Waals surface area contributed by atoms with E-state index in [1.165, 1.54) is 380 Å². The largest absolute Gasteiger partial charge is 0.492 e. The van der Waals surface area contributed by atoms with Gasteiger partial charge in [0.2, 0.25) is 23.0 Å². The van der Waals surface area contributed by atoms with Gasteiger partial charge in [0.15, 0.2) is 46.0 Å². The summed E-state index contributed by atoms with van der Waals surface area (Å²) in [5.41, 5.74) is 7.97. The Morgan fingerprint density at radius 2 is 0.243 bits per heavy atom. The predicted molar refractivity (Wildman–Crippen MR) is 598 cm³/mol. The fraction of sp³-hybridized carbons (Fsp3) is 0.800. The first-order valence-electron chi connectivity index (χ1n) is 56.7. The minimum Gasteiger partial charge on any atom is -0.492 e. The summed E-state index contributed by atoms with van der Waals surface area (Å²) in [7, 11) is 21.5. The summed E-state index contributed by atoms with van der Waals surface area (Å²) in [5.74, 6) is 16.5. The molecule has 0 fully saturated rings. The molecule has 0 aliphatic heterocycles. The molecule has 784 valence electrons. The number of benzene rings is 4. The van der Waals surface area contributed by atoms with Crippen LogP contribution in [0.5, 0.6) is 69.0 Å². The van der Waals surface area contributed by atoms with Crippen LogP contribution in [0.2, 0.25) is 0 Å². The van der Waals surface area contributed by atoms with Gasteiger partial charge in [0.1, 0.15) is 0 Å². The van der Waals surface area contributed by atoms with E-state index in [1.54, 1.807) is 85.3 Å². The highest BCUT2D eigenvalue weighted by molar-refractivity contribution is 7.99. The monoisotopic (exact) mass is 1970 g/mol. The second kappa shape index (κ2) is 82.2. The zero-order valence-corrected chi connectivity index (χ0v) is 94.2. The third-order valence-corrected chi connectivity index (χ3v) is 33.8. The van der Waals surface area contributed by atoms with E-state index >= 15 is 0 Å². The van der Waals surface area contributed by atoms with Gasteiger partial charge in [0.05, 0.1) is 85.3 Å². The first-order chi connectivity index (χ1) is 67.1. The summed E-state index contributed by atoms with van der Waals surface area (Å²) in [6.45, 7) is 9.24. The van der Waals surface area contributed by atoms with Gasteiger partial charge in [-0.25, -0.2) is 0 Å². The van der Waals surface area contributed by atoms with Crippen LogP contribution in [0.4, 0.5) is 0 Å². The highest BCUT2D eigenvalue weighted by Gasteiger charge is 2.40. The van der Waals surface area contributed by atoms with Gasteiger partial charge >= 0.3 is 0 Å². The van der Waals surface area contributed by atoms with Gasteiger partial charge in [0.25, 0.3) is 0 Å². The van der Waals surface area contributed by atoms with Crippen LogP contribution in [-0.4, -0.2) is 131 Å². The Morgan fingerprint density at radius 1 is 0.140 bits per heavy atom. The third kappa shape index (κ3) is 46.3. The van der Waals surface area contributed by atoms with Gasteiger partial charge in [-0.2, -0.15) is 47.0 Å². The Balaban J connectivity index is 1.68. The van der Waals surface area contributed by atoms with Crippen LogP contribution in [0.1, 0.15) is 532 Å². The van der Waals surface area contributed by atoms with E-state index in [0.29, 0.717) is 69.0 Å². The van der Waals surface area contributed by atoms with Crippen LogP contribution in [-0.2, 0) is 0 Å². The minimum atomic E-state index is -0.310. The molecule has 0 aromatic heterocycles. The second-order valence-corrected chi connectivity index (χ2v) is 44.5. The molecule has 4 aromatic carbocycles. The van der Waals surface area contributed by atoms with Gasteiger partial charge in [-0.3, -0.25) is 0 Å². The summed E-state index contributed by atoms with van der Waals surface area (Å²) < 4.78 is 82.6. The van der Waals surface area contributed by atoms with Crippen LogP contribution in [0.3, 0.4) is 0 Å². The molecule has 16 heteroatoms. The molecule has 1 aliphatic rings. The normalized spacial score (nSPS) is 14.2. The summed E-state index contributed by atoms with van der Waals surface area (Å²) in [6.07, 6.45) is 85.8. The molecule has 0 N–H and O–H groups in total. The van der Waals surface area contributed by atoms with Gasteiger partial charge < -0.3 is 56.8 Å². The van der Waals surface area contributed by atoms with Gasteiger partial charge in [-0.15, -0.1) is 0 Å². The number of thioether (sulfide) groups is 4. The van der Waals surface area contributed by atoms with E-state index in [-0.39, 0.29) is 23.7 Å². The highest BCUT2D eigenvalue weighted by Crippen LogP contribution is 2.61. The van der Waals surface area contributed by atoms with Crippen LogP contribution in [0, 0.1) is 0 Å². The quantitative estimate of drug-likeness (QED) is 0.0391. The molecule has 0 heterocycles. The Bertz CT molecular complexity index is 2980. The standard InChI is InChI=1S/C120H208O12S4/c1-17-21-25-29-33-49-61-73-85-133-89-77-65-53-41-37-45-57-69-81-97-101-93-103(111(123-7)117(129-13)109(101)121-5)98(82-70-58-46-38-42-54-66-78-90-134-86-74-62-50-34-30-26-22-18-2)105-95-107(115(127-11)119(131-15)113(105)125-9)100(84-72-60-48-40-44-56-68-80-92-136-88-76-64-52-36-32-28-24-20-4)108-96-106(114(126-10)120(132-16)116(108)128-12)99(104-94-102(97)110(122-6)118(130-14)112(104)124-8)83-71-59-47-39-43-55-67-79-91-135-87-75-63-51-35-31-27-23-19-3/h93-100H,17-92H2,1-16H3. The van der Waals surface area contributed by atoms with E-state index in [0.717, 1.165) is 147 Å². The lowest BCUT2D eigenvalue weighted by Crippen LogP contribution is -2.16. The van der Waals surface area contributed by atoms with Gasteiger partial charge in [-0.1, -0.05) is 387 Å². The smallest absolute Gasteiger partial charge is 0.203 e. The van der Waals surface area contributed by atoms with Crippen molar-refractivity contribution in [3.05, 3.63) is 68.8 Å². The van der Waals surface area contributed by atoms with E-state index in [1.807, 2.05) is 0 Å². The van der Waals surface area contributed by atoms with Crippen molar-refractivity contribution in [2.45, 2.75) is 488 Å². The van der Waals surface area contributed by atoms with Gasteiger partial charge in [-0.05, 0) is 147 Å². The predicted octanol–water partition coefficient (Wildman–Crippen LogP) is 38.2. The van der Waals surface area contributed by atoms with Crippen LogP contribution in [0.15, 0.2) is 24.3 Å². The lowest BCUT2D eigenvalue weighted by molar-refractivity contribution is 0.309. The van der Waals surface area contributed by atoms with E-state index in [2.05, 4.69) is 99.0 Å². The van der Waals surface area contributed by atoms with E-state index in [9.17, 15) is 0 Å². The van der Waals surface area contributed by atoms with Crippen molar-refractivity contribution >= 4 is 47.0 Å². The van der Waals surface area contributed by atoms with Crippen LogP contribution in [0.25, 0.3) is 0 Å².